The fourth-order valence-corrected chi connectivity index (χ4v) is 3.77. The van der Waals surface area contributed by atoms with Crippen molar-refractivity contribution in [2.24, 2.45) is 0 Å². The first-order valence-electron chi connectivity index (χ1n) is 10.3. The van der Waals surface area contributed by atoms with Crippen molar-refractivity contribution in [1.29, 1.82) is 0 Å². The third-order valence-corrected chi connectivity index (χ3v) is 5.60. The summed E-state index contributed by atoms with van der Waals surface area (Å²) in [6.45, 7) is -2.56. The van der Waals surface area contributed by atoms with Crippen LogP contribution in [0.25, 0.3) is 0 Å². The summed E-state index contributed by atoms with van der Waals surface area (Å²) < 4.78 is 0. The second-order valence-electron chi connectivity index (χ2n) is 7.65. The fraction of sp³-hybridized carbons (Fsp3) is 0.600. The predicted molar refractivity (Wildman–Crippen MR) is 104 cm³/mol. The Labute approximate surface area is 190 Å². The van der Waals surface area contributed by atoms with Crippen LogP contribution in [0.4, 0.5) is 0 Å². The van der Waals surface area contributed by atoms with E-state index in [4.69, 9.17) is 0 Å². The topological polar surface area (TPSA) is 204 Å². The number of aliphatic carboxylic acids is 3. The van der Waals surface area contributed by atoms with E-state index in [9.17, 15) is 45.0 Å². The van der Waals surface area contributed by atoms with Gasteiger partial charge >= 0.3 is 0 Å². The van der Waals surface area contributed by atoms with Gasteiger partial charge in [0.05, 0.1) is 67.2 Å². The first-order chi connectivity index (χ1) is 15.7. The molecular formula is C20H27N4O9-3. The number of hydrogen-bond donors (Lipinski definition) is 3. The molecule has 1 aromatic heterocycles. The number of aromatic nitrogens is 1. The lowest BCUT2D eigenvalue weighted by molar-refractivity contribution is -0.315. The van der Waals surface area contributed by atoms with Crippen molar-refractivity contribution < 1.29 is 45.0 Å². The van der Waals surface area contributed by atoms with Crippen LogP contribution >= 0.6 is 0 Å². The van der Waals surface area contributed by atoms with Gasteiger partial charge in [0, 0.05) is 39.3 Å². The van der Waals surface area contributed by atoms with Crippen molar-refractivity contribution in [3.05, 3.63) is 29.6 Å². The van der Waals surface area contributed by atoms with Gasteiger partial charge in [-0.25, -0.2) is 0 Å². The number of aliphatic hydroxyl groups excluding tert-OH is 3. The van der Waals surface area contributed by atoms with Gasteiger partial charge in [0.1, 0.15) is 0 Å². The highest BCUT2D eigenvalue weighted by Crippen LogP contribution is 2.14. The van der Waals surface area contributed by atoms with Crippen LogP contribution in [-0.4, -0.2) is 117 Å². The number of carbonyl (C=O) groups excluding carboxylic acids is 3. The number of pyridine rings is 1. The van der Waals surface area contributed by atoms with Gasteiger partial charge in [0.2, 0.25) is 0 Å². The molecule has 2 bridgehead atoms. The number of carbonyl (C=O) groups is 3. The summed E-state index contributed by atoms with van der Waals surface area (Å²) >= 11 is 0. The largest absolute Gasteiger partial charge is 0.548 e. The second-order valence-corrected chi connectivity index (χ2v) is 7.65. The molecule has 0 radical (unpaired) electrons. The Hall–Kier alpha value is -2.68. The zero-order chi connectivity index (χ0) is 24.5. The standard InChI is InChI=1S/C20H30N4O9/c25-10-15(18(28)29)22-4-6-23(16(11-26)19(30)31)8-13-2-1-3-14(21-13)9-24(7-5-22)17(12-27)20(32)33/h1-3,15-17,25-27H,4-12H2,(H,28,29)(H,30,31)(H,32,33)/p-3. The molecule has 184 valence electrons. The maximum atomic E-state index is 11.6. The van der Waals surface area contributed by atoms with E-state index in [1.54, 1.807) is 18.2 Å². The molecule has 3 atom stereocenters. The highest BCUT2D eigenvalue weighted by atomic mass is 16.4. The number of carboxylic acid groups (broad SMARTS) is 3. The van der Waals surface area contributed by atoms with Gasteiger partial charge in [-0.05, 0) is 12.1 Å². The molecule has 0 amide bonds. The van der Waals surface area contributed by atoms with E-state index >= 15 is 0 Å². The first kappa shape index (κ1) is 26.6. The number of rotatable bonds is 9. The molecule has 3 unspecified atom stereocenters. The smallest absolute Gasteiger partial charge is 0.0731 e. The van der Waals surface area contributed by atoms with Crippen LogP contribution in [0.5, 0.6) is 0 Å². The van der Waals surface area contributed by atoms with Crippen LogP contribution in [-0.2, 0) is 27.5 Å². The highest BCUT2D eigenvalue weighted by Gasteiger charge is 2.27. The zero-order valence-electron chi connectivity index (χ0n) is 17.9. The Kier molecular flexibility index (Phi) is 10.1. The van der Waals surface area contributed by atoms with Gasteiger partial charge in [-0.15, -0.1) is 0 Å². The third kappa shape index (κ3) is 7.15. The summed E-state index contributed by atoms with van der Waals surface area (Å²) in [6, 6.07) is 0.679. The van der Waals surface area contributed by atoms with Crippen LogP contribution in [0, 0.1) is 0 Å². The molecule has 1 aromatic rings. The van der Waals surface area contributed by atoms with Gasteiger partial charge in [0.15, 0.2) is 0 Å². The molecule has 33 heavy (non-hydrogen) atoms. The first-order valence-corrected chi connectivity index (χ1v) is 10.3. The minimum Gasteiger partial charge on any atom is -0.548 e. The average Bonchev–Trinajstić information content (AvgIpc) is 2.74. The number of carboxylic acids is 3. The monoisotopic (exact) mass is 467 g/mol. The summed E-state index contributed by atoms with van der Waals surface area (Å²) in [4.78, 5) is 43.1. The quantitative estimate of drug-likeness (QED) is 0.309. The van der Waals surface area contributed by atoms with Crippen molar-refractivity contribution >= 4 is 17.9 Å². The van der Waals surface area contributed by atoms with E-state index in [-0.39, 0.29) is 39.3 Å². The molecule has 13 heteroatoms. The lowest BCUT2D eigenvalue weighted by Gasteiger charge is -2.38. The average molecular weight is 467 g/mol. The molecule has 0 spiro atoms. The fourth-order valence-electron chi connectivity index (χ4n) is 3.77. The van der Waals surface area contributed by atoms with E-state index < -0.39 is 55.9 Å². The second kappa shape index (κ2) is 12.5. The maximum absolute atomic E-state index is 11.6. The van der Waals surface area contributed by atoms with Crippen molar-refractivity contribution in [3.8, 4) is 0 Å². The highest BCUT2D eigenvalue weighted by molar-refractivity contribution is 5.72. The molecule has 0 saturated heterocycles. The molecule has 2 rings (SSSR count). The predicted octanol–water partition coefficient (Wildman–Crippen LogP) is -6.67. The Bertz CT molecular complexity index is 773. The molecule has 0 saturated carbocycles. The molecule has 1 aliphatic heterocycles. The summed E-state index contributed by atoms with van der Waals surface area (Å²) in [5, 5.41) is 63.3. The Morgan fingerprint density at radius 2 is 1.06 bits per heavy atom. The van der Waals surface area contributed by atoms with E-state index in [1.807, 2.05) is 0 Å². The van der Waals surface area contributed by atoms with Crippen LogP contribution in [0.3, 0.4) is 0 Å². The van der Waals surface area contributed by atoms with E-state index in [1.165, 1.54) is 14.7 Å². The van der Waals surface area contributed by atoms with Crippen molar-refractivity contribution in [1.82, 2.24) is 19.7 Å². The molecule has 0 aliphatic carbocycles. The van der Waals surface area contributed by atoms with Gasteiger partial charge < -0.3 is 45.0 Å². The van der Waals surface area contributed by atoms with Gasteiger partial charge in [0.25, 0.3) is 0 Å². The summed E-state index contributed by atoms with van der Waals surface area (Å²) in [5.74, 6) is -4.60. The Morgan fingerprint density at radius 1 is 0.727 bits per heavy atom. The van der Waals surface area contributed by atoms with Crippen molar-refractivity contribution in [3.63, 3.8) is 0 Å². The van der Waals surface area contributed by atoms with Crippen LogP contribution < -0.4 is 15.3 Å². The number of nitrogens with zero attached hydrogens (tertiary/aromatic N) is 4. The van der Waals surface area contributed by atoms with Crippen LogP contribution in [0.1, 0.15) is 11.4 Å². The van der Waals surface area contributed by atoms with E-state index in [0.717, 1.165) is 0 Å². The molecule has 2 heterocycles. The Morgan fingerprint density at radius 3 is 1.39 bits per heavy atom. The summed E-state index contributed by atoms with van der Waals surface area (Å²) in [6.07, 6.45) is 0. The maximum Gasteiger partial charge on any atom is 0.0731 e. The number of fused-ring (bicyclic) bond motifs is 2. The molecule has 0 fully saturated rings. The van der Waals surface area contributed by atoms with Crippen molar-refractivity contribution in [2.45, 2.75) is 31.2 Å². The molecule has 13 nitrogen and oxygen atoms in total. The lowest BCUT2D eigenvalue weighted by atomic mass is 10.1. The Balaban J connectivity index is 2.47. The normalized spacial score (nSPS) is 19.6. The molecular weight excluding hydrogens is 440 g/mol. The SMILES string of the molecule is O=C([O-])C(CO)N1CCN(C(CO)C(=O)[O-])Cc2cccc(n2)CN(C(CO)C(=O)[O-])CC1. The molecule has 3 N–H and O–H groups in total. The van der Waals surface area contributed by atoms with Gasteiger partial charge in [-0.3, -0.25) is 19.7 Å². The molecule has 1 aliphatic rings. The molecule has 0 aromatic carbocycles. The summed E-state index contributed by atoms with van der Waals surface area (Å²) in [5.41, 5.74) is 0.846. The summed E-state index contributed by atoms with van der Waals surface area (Å²) in [7, 11) is 0. The van der Waals surface area contributed by atoms with Gasteiger partial charge in [-0.1, -0.05) is 6.07 Å². The van der Waals surface area contributed by atoms with E-state index in [2.05, 4.69) is 4.98 Å². The number of aliphatic hydroxyl groups is 3. The lowest BCUT2D eigenvalue weighted by Crippen LogP contribution is -2.57. The zero-order valence-corrected chi connectivity index (χ0v) is 17.9. The van der Waals surface area contributed by atoms with Gasteiger partial charge in [-0.2, -0.15) is 0 Å². The van der Waals surface area contributed by atoms with Crippen LogP contribution in [0.15, 0.2) is 18.2 Å². The minimum atomic E-state index is -1.56. The van der Waals surface area contributed by atoms with Crippen LogP contribution in [0.2, 0.25) is 0 Å². The van der Waals surface area contributed by atoms with E-state index in [0.29, 0.717) is 11.4 Å². The number of hydrogen-bond acceptors (Lipinski definition) is 13. The third-order valence-electron chi connectivity index (χ3n) is 5.60. The minimum absolute atomic E-state index is 0.0279. The van der Waals surface area contributed by atoms with Crippen molar-refractivity contribution in [2.75, 3.05) is 46.0 Å².